The lowest BCUT2D eigenvalue weighted by molar-refractivity contribution is -0.116. The Hall–Kier alpha value is -0.700. The molecule has 4 saturated carbocycles. The molecule has 0 saturated heterocycles. The molecule has 5 rings (SSSR count). The zero-order chi connectivity index (χ0) is 13.5. The highest BCUT2D eigenvalue weighted by Crippen LogP contribution is 2.70. The van der Waals surface area contributed by atoms with Gasteiger partial charge in [-0.3, -0.25) is 0 Å². The number of hydrogen-bond donors (Lipinski definition) is 1. The first-order chi connectivity index (χ1) is 8.83. The predicted molar refractivity (Wildman–Crippen MR) is 75.0 cm³/mol. The summed E-state index contributed by atoms with van der Waals surface area (Å²) in [6.45, 7) is 4.89. The number of hydrogen-bond acceptors (Lipinski definition) is 3. The second-order valence-electron chi connectivity index (χ2n) is 8.12. The minimum Gasteiger partial charge on any atom is -0.380 e. The second-order valence-corrected chi connectivity index (χ2v) is 8.50. The Morgan fingerprint density at radius 1 is 1.16 bits per heavy atom. The molecule has 4 aliphatic rings. The molecule has 0 radical (unpaired) electrons. The van der Waals surface area contributed by atoms with Gasteiger partial charge in [-0.25, -0.2) is 0 Å². The fourth-order valence-corrected chi connectivity index (χ4v) is 6.59. The first-order valence-corrected chi connectivity index (χ1v) is 7.62. The lowest BCUT2D eigenvalue weighted by Gasteiger charge is -2.64. The predicted octanol–water partition coefficient (Wildman–Crippen LogP) is 4.16. The monoisotopic (exact) mass is 280 g/mol. The number of anilines is 1. The first-order valence-electron chi connectivity index (χ1n) is 7.24. The summed E-state index contributed by atoms with van der Waals surface area (Å²) < 4.78 is 5.56. The van der Waals surface area contributed by atoms with Crippen molar-refractivity contribution < 1.29 is 4.52 Å². The fraction of sp³-hybridized carbons (Fsp3) is 0.800. The topological polar surface area (TPSA) is 52.0 Å². The summed E-state index contributed by atoms with van der Waals surface area (Å²) in [5.74, 6) is 2.03. The van der Waals surface area contributed by atoms with Crippen molar-refractivity contribution in [1.82, 2.24) is 5.16 Å². The van der Waals surface area contributed by atoms with Gasteiger partial charge in [0.2, 0.25) is 0 Å². The Bertz CT molecular complexity index is 534. The molecule has 1 aromatic rings. The number of nitrogens with two attached hydrogens (primary N) is 1. The second kappa shape index (κ2) is 3.30. The van der Waals surface area contributed by atoms with Gasteiger partial charge in [0.1, 0.15) is 5.02 Å². The van der Waals surface area contributed by atoms with Crippen molar-refractivity contribution in [3.63, 3.8) is 0 Å². The molecule has 3 nitrogen and oxygen atoms in total. The van der Waals surface area contributed by atoms with Crippen LogP contribution < -0.4 is 5.73 Å². The number of halogens is 1. The van der Waals surface area contributed by atoms with Gasteiger partial charge in [-0.2, -0.15) is 0 Å². The van der Waals surface area contributed by atoms with Gasteiger partial charge in [0, 0.05) is 5.41 Å². The zero-order valence-electron chi connectivity index (χ0n) is 11.6. The van der Waals surface area contributed by atoms with Crippen LogP contribution in [-0.2, 0) is 5.41 Å². The Morgan fingerprint density at radius 2 is 1.79 bits per heavy atom. The van der Waals surface area contributed by atoms with Crippen molar-refractivity contribution in [3.05, 3.63) is 10.8 Å². The highest BCUT2D eigenvalue weighted by Gasteiger charge is 2.62. The van der Waals surface area contributed by atoms with Crippen LogP contribution in [0.4, 0.5) is 5.82 Å². The van der Waals surface area contributed by atoms with Crippen LogP contribution >= 0.6 is 11.6 Å². The van der Waals surface area contributed by atoms with E-state index >= 15 is 0 Å². The van der Waals surface area contributed by atoms with Crippen molar-refractivity contribution >= 4 is 17.4 Å². The van der Waals surface area contributed by atoms with E-state index in [-0.39, 0.29) is 5.41 Å². The van der Waals surface area contributed by atoms with Gasteiger partial charge in [-0.15, -0.1) is 0 Å². The maximum Gasteiger partial charge on any atom is 0.186 e. The SMILES string of the molecule is CC12CC3CC(C)(C1)CC(c1onc(N)c1Cl)(C3)C2. The summed E-state index contributed by atoms with van der Waals surface area (Å²) in [6.07, 6.45) is 7.64. The number of nitrogens with zero attached hydrogens (tertiary/aromatic N) is 1. The fourth-order valence-electron chi connectivity index (χ4n) is 6.32. The molecule has 4 fully saturated rings. The van der Waals surface area contributed by atoms with Crippen molar-refractivity contribution in [3.8, 4) is 0 Å². The van der Waals surface area contributed by atoms with E-state index in [1.807, 2.05) is 0 Å². The van der Waals surface area contributed by atoms with Crippen LogP contribution in [0.3, 0.4) is 0 Å². The normalized spacial score (nSPS) is 47.8. The smallest absolute Gasteiger partial charge is 0.186 e. The van der Waals surface area contributed by atoms with Crippen LogP contribution in [-0.4, -0.2) is 5.16 Å². The highest BCUT2D eigenvalue weighted by molar-refractivity contribution is 6.33. The standard InChI is InChI=1S/C15H21ClN2O/c1-13-3-9-4-14(2,6-13)8-15(5-9,7-13)11-10(16)12(17)18-19-11/h9H,3-8H2,1-2H3,(H2,17,18). The van der Waals surface area contributed by atoms with Crippen molar-refractivity contribution in [2.45, 2.75) is 57.8 Å². The van der Waals surface area contributed by atoms with E-state index in [1.165, 1.54) is 38.5 Å². The van der Waals surface area contributed by atoms with Crippen LogP contribution in [0, 0.1) is 16.7 Å². The Labute approximate surface area is 118 Å². The van der Waals surface area contributed by atoms with Gasteiger partial charge < -0.3 is 10.3 Å². The average molecular weight is 281 g/mol. The molecule has 0 aliphatic heterocycles. The molecule has 19 heavy (non-hydrogen) atoms. The van der Waals surface area contributed by atoms with Crippen LogP contribution in [0.15, 0.2) is 4.52 Å². The van der Waals surface area contributed by atoms with Crippen molar-refractivity contribution in [2.75, 3.05) is 5.73 Å². The Kier molecular flexibility index (Phi) is 2.10. The number of aromatic nitrogens is 1. The molecule has 0 spiro atoms. The summed E-state index contributed by atoms with van der Waals surface area (Å²) in [4.78, 5) is 0. The third kappa shape index (κ3) is 1.54. The van der Waals surface area contributed by atoms with Gasteiger partial charge in [0.25, 0.3) is 0 Å². The van der Waals surface area contributed by atoms with Crippen LogP contribution in [0.2, 0.25) is 5.02 Å². The van der Waals surface area contributed by atoms with Crippen LogP contribution in [0.25, 0.3) is 0 Å². The molecular weight excluding hydrogens is 260 g/mol. The third-order valence-electron chi connectivity index (χ3n) is 5.77. The van der Waals surface area contributed by atoms with E-state index in [9.17, 15) is 0 Å². The van der Waals surface area contributed by atoms with E-state index < -0.39 is 0 Å². The maximum absolute atomic E-state index is 6.35. The summed E-state index contributed by atoms with van der Waals surface area (Å²) in [5.41, 5.74) is 6.76. The van der Waals surface area contributed by atoms with E-state index in [0.717, 1.165) is 11.7 Å². The van der Waals surface area contributed by atoms with E-state index in [4.69, 9.17) is 21.9 Å². The summed E-state index contributed by atoms with van der Waals surface area (Å²) in [6, 6.07) is 0. The van der Waals surface area contributed by atoms with Crippen LogP contribution in [0.5, 0.6) is 0 Å². The first kappa shape index (κ1) is 12.1. The summed E-state index contributed by atoms with van der Waals surface area (Å²) >= 11 is 6.35. The molecule has 4 bridgehead atoms. The minimum absolute atomic E-state index is 0.0879. The Morgan fingerprint density at radius 3 is 2.26 bits per heavy atom. The zero-order valence-corrected chi connectivity index (χ0v) is 12.4. The molecule has 2 unspecified atom stereocenters. The van der Waals surface area contributed by atoms with E-state index in [2.05, 4.69) is 19.0 Å². The number of rotatable bonds is 1. The van der Waals surface area contributed by atoms with Gasteiger partial charge in [0.15, 0.2) is 11.6 Å². The molecule has 0 amide bonds. The van der Waals surface area contributed by atoms with E-state index in [0.29, 0.717) is 21.7 Å². The van der Waals surface area contributed by atoms with Gasteiger partial charge in [0.05, 0.1) is 0 Å². The molecule has 4 heteroatoms. The maximum atomic E-state index is 6.35. The number of nitrogen functional groups attached to an aromatic ring is 1. The average Bonchev–Trinajstić information content (AvgIpc) is 2.54. The molecule has 104 valence electrons. The lowest BCUT2D eigenvalue weighted by atomic mass is 9.40. The summed E-state index contributed by atoms with van der Waals surface area (Å²) in [7, 11) is 0. The molecule has 4 aliphatic carbocycles. The lowest BCUT2D eigenvalue weighted by Crippen LogP contribution is -2.56. The van der Waals surface area contributed by atoms with Gasteiger partial charge in [-0.05, 0) is 55.3 Å². The van der Waals surface area contributed by atoms with Crippen molar-refractivity contribution in [2.24, 2.45) is 16.7 Å². The highest BCUT2D eigenvalue weighted by atomic mass is 35.5. The molecule has 0 aromatic carbocycles. The summed E-state index contributed by atoms with van der Waals surface area (Å²) in [5, 5.41) is 4.45. The van der Waals surface area contributed by atoms with Gasteiger partial charge in [-0.1, -0.05) is 30.6 Å². The van der Waals surface area contributed by atoms with Crippen molar-refractivity contribution in [1.29, 1.82) is 0 Å². The third-order valence-corrected chi connectivity index (χ3v) is 6.13. The molecule has 1 heterocycles. The van der Waals surface area contributed by atoms with Crippen LogP contribution in [0.1, 0.15) is 58.1 Å². The minimum atomic E-state index is 0.0879. The van der Waals surface area contributed by atoms with E-state index in [1.54, 1.807) is 0 Å². The largest absolute Gasteiger partial charge is 0.380 e. The molecule has 2 N–H and O–H groups in total. The molecule has 2 atom stereocenters. The molecule has 1 aromatic heterocycles. The molecular formula is C15H21ClN2O. The Balaban J connectivity index is 1.85. The van der Waals surface area contributed by atoms with Gasteiger partial charge >= 0.3 is 0 Å². The quantitative estimate of drug-likeness (QED) is 0.840.